The van der Waals surface area contributed by atoms with Crippen molar-refractivity contribution in [1.29, 1.82) is 0 Å². The van der Waals surface area contributed by atoms with Gasteiger partial charge in [0.15, 0.2) is 28.8 Å². The second-order valence-electron chi connectivity index (χ2n) is 7.36. The number of carbonyl (C=O) groups excluding carboxylic acids is 1. The van der Waals surface area contributed by atoms with Crippen LogP contribution in [-0.2, 0) is 4.79 Å². The molecule has 0 saturated carbocycles. The molecule has 0 fully saturated rings. The van der Waals surface area contributed by atoms with Gasteiger partial charge in [0.25, 0.3) is 0 Å². The summed E-state index contributed by atoms with van der Waals surface area (Å²) >= 11 is 0. The standard InChI is InChI=1S/C21H21N7O3/c1-11-19-14(13-6-5-7-15(30-3)20(13)31-4)10-18(29)22-21(19)28(25-11)17-9-8-16-24-23-12(2)27(16)26-17/h5-9,14H,10H2,1-4H3,(H,22,29)/t14-/m0/s1. The molecule has 1 N–H and O–H groups in total. The summed E-state index contributed by atoms with van der Waals surface area (Å²) in [5, 5.41) is 20.4. The molecule has 0 saturated heterocycles. The molecular formula is C21H21N7O3. The highest BCUT2D eigenvalue weighted by atomic mass is 16.5. The van der Waals surface area contributed by atoms with E-state index >= 15 is 0 Å². The van der Waals surface area contributed by atoms with Crippen molar-refractivity contribution in [3.8, 4) is 17.3 Å². The summed E-state index contributed by atoms with van der Waals surface area (Å²) in [6.45, 7) is 3.75. The molecule has 0 unspecified atom stereocenters. The molecule has 1 aliphatic rings. The van der Waals surface area contributed by atoms with Gasteiger partial charge in [-0.15, -0.1) is 15.3 Å². The van der Waals surface area contributed by atoms with Gasteiger partial charge in [0.2, 0.25) is 5.91 Å². The first-order valence-electron chi connectivity index (χ1n) is 9.81. The van der Waals surface area contributed by atoms with Crippen molar-refractivity contribution in [1.82, 2.24) is 29.6 Å². The number of fused-ring (bicyclic) bond motifs is 2. The van der Waals surface area contributed by atoms with Gasteiger partial charge in [-0.3, -0.25) is 4.79 Å². The number of anilines is 1. The van der Waals surface area contributed by atoms with Gasteiger partial charge in [0.1, 0.15) is 5.82 Å². The summed E-state index contributed by atoms with van der Waals surface area (Å²) in [6, 6.07) is 9.31. The molecule has 3 aromatic heterocycles. The largest absolute Gasteiger partial charge is 0.493 e. The fourth-order valence-electron chi connectivity index (χ4n) is 4.16. The maximum Gasteiger partial charge on any atom is 0.226 e. The van der Waals surface area contributed by atoms with Crippen LogP contribution in [0.5, 0.6) is 11.5 Å². The Bertz CT molecular complexity index is 1320. The molecule has 1 amide bonds. The normalized spacial score (nSPS) is 15.6. The molecule has 5 rings (SSSR count). The van der Waals surface area contributed by atoms with Crippen LogP contribution in [0.2, 0.25) is 0 Å². The van der Waals surface area contributed by atoms with Gasteiger partial charge >= 0.3 is 0 Å². The van der Waals surface area contributed by atoms with Gasteiger partial charge in [-0.05, 0) is 32.0 Å². The summed E-state index contributed by atoms with van der Waals surface area (Å²) < 4.78 is 14.4. The Hall–Kier alpha value is -3.95. The van der Waals surface area contributed by atoms with E-state index < -0.39 is 0 Å². The van der Waals surface area contributed by atoms with Crippen molar-refractivity contribution in [3.05, 3.63) is 53.0 Å². The van der Waals surface area contributed by atoms with Gasteiger partial charge in [0, 0.05) is 23.5 Å². The number of carbonyl (C=O) groups is 1. The number of hydrogen-bond acceptors (Lipinski definition) is 7. The zero-order valence-corrected chi connectivity index (χ0v) is 17.6. The van der Waals surface area contributed by atoms with Gasteiger partial charge < -0.3 is 14.8 Å². The summed E-state index contributed by atoms with van der Waals surface area (Å²) in [5.74, 6) is 2.71. The van der Waals surface area contributed by atoms with Gasteiger partial charge in [-0.25, -0.2) is 0 Å². The van der Waals surface area contributed by atoms with Gasteiger partial charge in [-0.1, -0.05) is 12.1 Å². The minimum absolute atomic E-state index is 0.106. The zero-order chi connectivity index (χ0) is 21.7. The number of hydrogen-bond donors (Lipinski definition) is 1. The van der Waals surface area contributed by atoms with Crippen LogP contribution in [0.25, 0.3) is 11.5 Å². The van der Waals surface area contributed by atoms with Crippen LogP contribution in [0, 0.1) is 13.8 Å². The van der Waals surface area contributed by atoms with Crippen LogP contribution in [0.1, 0.15) is 35.0 Å². The Morgan fingerprint density at radius 1 is 1.06 bits per heavy atom. The SMILES string of the molecule is COc1cccc([C@@H]2CC(=O)Nc3c2c(C)nn3-c2ccc3nnc(C)n3n2)c1OC. The quantitative estimate of drug-likeness (QED) is 0.541. The molecule has 31 heavy (non-hydrogen) atoms. The molecule has 0 aliphatic carbocycles. The molecule has 0 radical (unpaired) electrons. The lowest BCUT2D eigenvalue weighted by atomic mass is 9.85. The van der Waals surface area contributed by atoms with Gasteiger partial charge in [-0.2, -0.15) is 14.3 Å². The fraction of sp³-hybridized carbons (Fsp3) is 0.286. The number of para-hydroxylation sites is 1. The molecule has 1 aliphatic heterocycles. The highest BCUT2D eigenvalue weighted by Gasteiger charge is 2.35. The van der Waals surface area contributed by atoms with E-state index in [1.807, 2.05) is 38.1 Å². The minimum Gasteiger partial charge on any atom is -0.493 e. The summed E-state index contributed by atoms with van der Waals surface area (Å²) in [4.78, 5) is 12.7. The van der Waals surface area contributed by atoms with Crippen LogP contribution in [-0.4, -0.2) is 49.7 Å². The maximum atomic E-state index is 12.7. The first-order valence-corrected chi connectivity index (χ1v) is 9.81. The Morgan fingerprint density at radius 2 is 1.90 bits per heavy atom. The molecule has 4 aromatic rings. The number of nitrogens with zero attached hydrogens (tertiary/aromatic N) is 6. The third-order valence-corrected chi connectivity index (χ3v) is 5.53. The molecule has 1 atom stereocenters. The van der Waals surface area contributed by atoms with E-state index in [0.29, 0.717) is 34.6 Å². The maximum absolute atomic E-state index is 12.7. The number of rotatable bonds is 4. The van der Waals surface area contributed by atoms with Crippen molar-refractivity contribution < 1.29 is 14.3 Å². The third-order valence-electron chi connectivity index (χ3n) is 5.53. The number of aryl methyl sites for hydroxylation is 2. The number of amides is 1. The van der Waals surface area contributed by atoms with Crippen LogP contribution in [0.15, 0.2) is 30.3 Å². The molecule has 0 spiro atoms. The van der Waals surface area contributed by atoms with Crippen LogP contribution in [0.3, 0.4) is 0 Å². The van der Waals surface area contributed by atoms with Crippen molar-refractivity contribution in [2.75, 3.05) is 19.5 Å². The minimum atomic E-state index is -0.233. The number of ether oxygens (including phenoxy) is 2. The summed E-state index contributed by atoms with van der Waals surface area (Å²) in [6.07, 6.45) is 0.278. The second-order valence-corrected chi connectivity index (χ2v) is 7.36. The molecule has 10 nitrogen and oxygen atoms in total. The molecule has 0 bridgehead atoms. The summed E-state index contributed by atoms with van der Waals surface area (Å²) in [7, 11) is 3.20. The molecular weight excluding hydrogens is 398 g/mol. The fourth-order valence-corrected chi connectivity index (χ4v) is 4.16. The number of aromatic nitrogens is 6. The predicted molar refractivity (Wildman–Crippen MR) is 112 cm³/mol. The first-order chi connectivity index (χ1) is 15.0. The summed E-state index contributed by atoms with van der Waals surface area (Å²) in [5.41, 5.74) is 3.24. The van der Waals surface area contributed by atoms with Gasteiger partial charge in [0.05, 0.1) is 19.9 Å². The second kappa shape index (κ2) is 7.08. The van der Waals surface area contributed by atoms with E-state index in [1.165, 1.54) is 0 Å². The van der Waals surface area contributed by atoms with Crippen molar-refractivity contribution in [2.45, 2.75) is 26.2 Å². The lowest BCUT2D eigenvalue weighted by molar-refractivity contribution is -0.116. The molecule has 158 valence electrons. The number of nitrogens with one attached hydrogen (secondary N) is 1. The lowest BCUT2D eigenvalue weighted by Crippen LogP contribution is -2.25. The topological polar surface area (TPSA) is 108 Å². The highest BCUT2D eigenvalue weighted by Crippen LogP contribution is 2.45. The van der Waals surface area contributed by atoms with Crippen molar-refractivity contribution in [3.63, 3.8) is 0 Å². The van der Waals surface area contributed by atoms with E-state index in [9.17, 15) is 4.79 Å². The van der Waals surface area contributed by atoms with E-state index in [1.54, 1.807) is 29.5 Å². The monoisotopic (exact) mass is 419 g/mol. The Balaban J connectivity index is 1.69. The lowest BCUT2D eigenvalue weighted by Gasteiger charge is -2.26. The molecule has 1 aromatic carbocycles. The number of benzene rings is 1. The van der Waals surface area contributed by atoms with Crippen LogP contribution >= 0.6 is 0 Å². The number of methoxy groups -OCH3 is 2. The Morgan fingerprint density at radius 3 is 2.68 bits per heavy atom. The zero-order valence-electron chi connectivity index (χ0n) is 17.6. The Kier molecular flexibility index (Phi) is 4.35. The predicted octanol–water partition coefficient (Wildman–Crippen LogP) is 2.42. The van der Waals surface area contributed by atoms with Crippen molar-refractivity contribution in [2.24, 2.45) is 0 Å². The first kappa shape index (κ1) is 19.0. The molecule has 4 heterocycles. The average Bonchev–Trinajstić information content (AvgIpc) is 3.32. The molecule has 10 heteroatoms. The van der Waals surface area contributed by atoms with Crippen LogP contribution < -0.4 is 14.8 Å². The average molecular weight is 419 g/mol. The third kappa shape index (κ3) is 2.90. The van der Waals surface area contributed by atoms with E-state index in [2.05, 4.69) is 20.6 Å². The van der Waals surface area contributed by atoms with Crippen LogP contribution in [0.4, 0.5) is 5.82 Å². The van der Waals surface area contributed by atoms with Crippen molar-refractivity contribution >= 4 is 17.4 Å². The van der Waals surface area contributed by atoms with E-state index in [-0.39, 0.29) is 18.2 Å². The highest BCUT2D eigenvalue weighted by molar-refractivity contribution is 5.95. The van der Waals surface area contributed by atoms with E-state index in [0.717, 1.165) is 16.8 Å². The smallest absolute Gasteiger partial charge is 0.226 e. The Labute approximate surface area is 177 Å². The van der Waals surface area contributed by atoms with E-state index in [4.69, 9.17) is 14.6 Å².